The number of hydrogen-bond donors (Lipinski definition) is 1. The molecule has 1 aromatic carbocycles. The summed E-state index contributed by atoms with van der Waals surface area (Å²) in [6.45, 7) is 3.24. The van der Waals surface area contributed by atoms with Crippen molar-refractivity contribution in [3.63, 3.8) is 0 Å². The quantitative estimate of drug-likeness (QED) is 0.902. The lowest BCUT2D eigenvalue weighted by atomic mass is 10.1. The summed E-state index contributed by atoms with van der Waals surface area (Å²) in [6.07, 6.45) is 0. The van der Waals surface area contributed by atoms with E-state index in [0.29, 0.717) is 17.0 Å². The van der Waals surface area contributed by atoms with Crippen molar-refractivity contribution in [3.05, 3.63) is 51.5 Å². The van der Waals surface area contributed by atoms with E-state index < -0.39 is 5.76 Å². The van der Waals surface area contributed by atoms with Crippen LogP contribution in [0.15, 0.2) is 27.5 Å². The number of aromatic nitrogens is 2. The number of nitrogens with zero attached hydrogens (tertiary/aromatic N) is 2. The van der Waals surface area contributed by atoms with Crippen LogP contribution in [0.3, 0.4) is 0 Å². The average molecular weight is 279 g/mol. The lowest BCUT2D eigenvalue weighted by molar-refractivity contribution is -0.121. The maximum Gasteiger partial charge on any atom is 0.442 e. The van der Waals surface area contributed by atoms with Gasteiger partial charge in [0.05, 0.1) is 0 Å². The molecule has 0 spiro atoms. The van der Waals surface area contributed by atoms with Crippen molar-refractivity contribution in [2.75, 3.05) is 0 Å². The van der Waals surface area contributed by atoms with Crippen molar-refractivity contribution in [3.8, 4) is 0 Å². The molecule has 0 radical (unpaired) electrons. The number of halogens is 1. The SMILES string of the molecule is Cc1ccc(CNC(=O)Cn2c(C)noc2=O)cc1F. The summed E-state index contributed by atoms with van der Waals surface area (Å²) in [5.41, 5.74) is 1.20. The van der Waals surface area contributed by atoms with Crippen molar-refractivity contribution in [1.29, 1.82) is 0 Å². The molecule has 106 valence electrons. The van der Waals surface area contributed by atoms with E-state index >= 15 is 0 Å². The van der Waals surface area contributed by atoms with Gasteiger partial charge in [0.15, 0.2) is 5.82 Å². The number of carbonyl (C=O) groups is 1. The van der Waals surface area contributed by atoms with Crippen molar-refractivity contribution in [2.45, 2.75) is 26.9 Å². The summed E-state index contributed by atoms with van der Waals surface area (Å²) in [5.74, 6) is -1.05. The van der Waals surface area contributed by atoms with Crippen LogP contribution in [0.25, 0.3) is 0 Å². The predicted octanol–water partition coefficient (Wildman–Crippen LogP) is 0.909. The zero-order chi connectivity index (χ0) is 14.7. The Morgan fingerprint density at radius 3 is 2.80 bits per heavy atom. The number of benzene rings is 1. The molecule has 0 bridgehead atoms. The summed E-state index contributed by atoms with van der Waals surface area (Å²) < 4.78 is 18.9. The van der Waals surface area contributed by atoms with Crippen molar-refractivity contribution < 1.29 is 13.7 Å². The minimum Gasteiger partial charge on any atom is -0.350 e. The van der Waals surface area contributed by atoms with Crippen LogP contribution in [0.2, 0.25) is 0 Å². The van der Waals surface area contributed by atoms with Gasteiger partial charge in [0.25, 0.3) is 0 Å². The molecule has 1 aromatic heterocycles. The summed E-state index contributed by atoms with van der Waals surface area (Å²) in [7, 11) is 0. The molecule has 6 nitrogen and oxygen atoms in total. The highest BCUT2D eigenvalue weighted by Crippen LogP contribution is 2.08. The zero-order valence-electron chi connectivity index (χ0n) is 11.1. The summed E-state index contributed by atoms with van der Waals surface area (Å²) in [4.78, 5) is 22.9. The molecular formula is C13H14FN3O3. The third-order valence-electron chi connectivity index (χ3n) is 2.89. The highest BCUT2D eigenvalue weighted by atomic mass is 19.1. The Morgan fingerprint density at radius 1 is 1.45 bits per heavy atom. The second-order valence-electron chi connectivity index (χ2n) is 4.44. The van der Waals surface area contributed by atoms with Crippen LogP contribution < -0.4 is 11.1 Å². The van der Waals surface area contributed by atoms with E-state index in [1.54, 1.807) is 26.0 Å². The normalized spacial score (nSPS) is 10.6. The molecule has 1 heterocycles. The molecule has 0 atom stereocenters. The molecule has 0 fully saturated rings. The first-order valence-corrected chi connectivity index (χ1v) is 6.02. The molecule has 0 aliphatic rings. The van der Waals surface area contributed by atoms with E-state index in [1.165, 1.54) is 6.07 Å². The maximum absolute atomic E-state index is 13.3. The molecule has 20 heavy (non-hydrogen) atoms. The third-order valence-corrected chi connectivity index (χ3v) is 2.89. The number of hydrogen-bond acceptors (Lipinski definition) is 4. The molecule has 0 unspecified atom stereocenters. The van der Waals surface area contributed by atoms with E-state index in [-0.39, 0.29) is 24.8 Å². The van der Waals surface area contributed by atoms with Gasteiger partial charge >= 0.3 is 5.76 Å². The van der Waals surface area contributed by atoms with Gasteiger partial charge in [-0.15, -0.1) is 0 Å². The highest BCUT2D eigenvalue weighted by Gasteiger charge is 2.10. The van der Waals surface area contributed by atoms with Crippen molar-refractivity contribution in [1.82, 2.24) is 15.0 Å². The monoisotopic (exact) mass is 279 g/mol. The predicted molar refractivity (Wildman–Crippen MR) is 68.5 cm³/mol. The lowest BCUT2D eigenvalue weighted by Gasteiger charge is -2.06. The Morgan fingerprint density at radius 2 is 2.20 bits per heavy atom. The molecular weight excluding hydrogens is 265 g/mol. The van der Waals surface area contributed by atoms with Gasteiger partial charge in [-0.1, -0.05) is 17.3 Å². The van der Waals surface area contributed by atoms with E-state index in [9.17, 15) is 14.0 Å². The van der Waals surface area contributed by atoms with Crippen LogP contribution in [0.4, 0.5) is 4.39 Å². The van der Waals surface area contributed by atoms with E-state index in [0.717, 1.165) is 4.57 Å². The van der Waals surface area contributed by atoms with Gasteiger partial charge in [0.1, 0.15) is 12.4 Å². The van der Waals surface area contributed by atoms with Crippen molar-refractivity contribution >= 4 is 5.91 Å². The fraction of sp³-hybridized carbons (Fsp3) is 0.308. The van der Waals surface area contributed by atoms with Gasteiger partial charge in [0, 0.05) is 6.54 Å². The first-order chi connectivity index (χ1) is 9.47. The summed E-state index contributed by atoms with van der Waals surface area (Å²) in [6, 6.07) is 4.74. The van der Waals surface area contributed by atoms with Gasteiger partial charge in [-0.3, -0.25) is 13.9 Å². The first-order valence-electron chi connectivity index (χ1n) is 6.02. The Bertz CT molecular complexity index is 690. The second-order valence-corrected chi connectivity index (χ2v) is 4.44. The second kappa shape index (κ2) is 5.68. The van der Waals surface area contributed by atoms with E-state index in [2.05, 4.69) is 15.0 Å². The van der Waals surface area contributed by atoms with E-state index in [4.69, 9.17) is 0 Å². The van der Waals surface area contributed by atoms with Crippen LogP contribution >= 0.6 is 0 Å². The van der Waals surface area contributed by atoms with Gasteiger partial charge in [-0.05, 0) is 31.0 Å². The molecule has 0 saturated heterocycles. The molecule has 2 rings (SSSR count). The summed E-state index contributed by atoms with van der Waals surface area (Å²) >= 11 is 0. The molecule has 1 amide bonds. The minimum atomic E-state index is -0.681. The fourth-order valence-corrected chi connectivity index (χ4v) is 1.66. The van der Waals surface area contributed by atoms with Crippen LogP contribution in [0, 0.1) is 19.7 Å². The number of rotatable bonds is 4. The van der Waals surface area contributed by atoms with Crippen LogP contribution in [-0.2, 0) is 17.9 Å². The molecule has 0 aliphatic heterocycles. The van der Waals surface area contributed by atoms with Crippen LogP contribution in [0.5, 0.6) is 0 Å². The fourth-order valence-electron chi connectivity index (χ4n) is 1.66. The third kappa shape index (κ3) is 3.11. The zero-order valence-corrected chi connectivity index (χ0v) is 11.1. The van der Waals surface area contributed by atoms with E-state index in [1.807, 2.05) is 0 Å². The topological polar surface area (TPSA) is 77.1 Å². The Balaban J connectivity index is 1.95. The summed E-state index contributed by atoms with van der Waals surface area (Å²) in [5, 5.41) is 6.06. The van der Waals surface area contributed by atoms with Gasteiger partial charge < -0.3 is 5.32 Å². The Hall–Kier alpha value is -2.44. The average Bonchev–Trinajstić information content (AvgIpc) is 2.72. The van der Waals surface area contributed by atoms with Gasteiger partial charge in [-0.25, -0.2) is 9.18 Å². The molecule has 0 saturated carbocycles. The Labute approximate surface area is 114 Å². The lowest BCUT2D eigenvalue weighted by Crippen LogP contribution is -2.31. The molecule has 7 heteroatoms. The van der Waals surface area contributed by atoms with Gasteiger partial charge in [0.2, 0.25) is 5.91 Å². The number of nitrogens with one attached hydrogen (secondary N) is 1. The largest absolute Gasteiger partial charge is 0.442 e. The Kier molecular flexibility index (Phi) is 3.97. The number of carbonyl (C=O) groups excluding carboxylic acids is 1. The number of amides is 1. The molecule has 2 aromatic rings. The minimum absolute atomic E-state index is 0.178. The number of aryl methyl sites for hydroxylation is 2. The highest BCUT2D eigenvalue weighted by molar-refractivity contribution is 5.75. The van der Waals surface area contributed by atoms with Crippen molar-refractivity contribution in [2.24, 2.45) is 0 Å². The van der Waals surface area contributed by atoms with Crippen LogP contribution in [0.1, 0.15) is 17.0 Å². The maximum atomic E-state index is 13.3. The van der Waals surface area contributed by atoms with Crippen LogP contribution in [-0.4, -0.2) is 15.6 Å². The first kappa shape index (κ1) is 14.0. The smallest absolute Gasteiger partial charge is 0.350 e. The van der Waals surface area contributed by atoms with Gasteiger partial charge in [-0.2, -0.15) is 0 Å². The molecule has 1 N–H and O–H groups in total. The standard InChI is InChI=1S/C13H14FN3O3/c1-8-3-4-10(5-11(8)14)6-15-12(18)7-17-9(2)16-20-13(17)19/h3-5H,6-7H2,1-2H3,(H,15,18). The molecule has 0 aliphatic carbocycles.